The van der Waals surface area contributed by atoms with Gasteiger partial charge < -0.3 is 14.2 Å². The third-order valence-electron chi connectivity index (χ3n) is 2.03. The van der Waals surface area contributed by atoms with Gasteiger partial charge in [-0.2, -0.15) is 0 Å². The molecule has 15 heavy (non-hydrogen) atoms. The van der Waals surface area contributed by atoms with Gasteiger partial charge in [0.05, 0.1) is 7.11 Å². The van der Waals surface area contributed by atoms with Crippen molar-refractivity contribution in [2.45, 2.75) is 37.0 Å². The highest BCUT2D eigenvalue weighted by molar-refractivity contribution is 9.09. The van der Waals surface area contributed by atoms with Crippen molar-refractivity contribution in [1.29, 1.82) is 0 Å². The van der Waals surface area contributed by atoms with Gasteiger partial charge in [-0.25, -0.2) is 4.79 Å². The Morgan fingerprint density at radius 2 is 2.07 bits per heavy atom. The van der Waals surface area contributed by atoms with E-state index in [-0.39, 0.29) is 17.1 Å². The van der Waals surface area contributed by atoms with E-state index in [4.69, 9.17) is 9.47 Å². The molecule has 1 heterocycles. The molecule has 0 radical (unpaired) electrons. The molecule has 5 nitrogen and oxygen atoms in total. The second-order valence-electron chi connectivity index (χ2n) is 3.26. The first-order chi connectivity index (χ1) is 7.02. The van der Waals surface area contributed by atoms with Gasteiger partial charge in [0.1, 0.15) is 11.1 Å². The molecule has 0 aromatic rings. The summed E-state index contributed by atoms with van der Waals surface area (Å²) in [5.74, 6) is -0.804. The Bertz CT molecular complexity index is 255. The maximum absolute atomic E-state index is 11.2. The first-order valence-corrected chi connectivity index (χ1v) is 5.49. The fourth-order valence-electron chi connectivity index (χ4n) is 1.45. The van der Waals surface area contributed by atoms with Gasteiger partial charge in [0, 0.05) is 19.8 Å². The van der Waals surface area contributed by atoms with Gasteiger partial charge in [-0.3, -0.25) is 4.79 Å². The Kier molecular flexibility index (Phi) is 4.53. The Morgan fingerprint density at radius 1 is 1.40 bits per heavy atom. The molecule has 0 amide bonds. The fraction of sp³-hybridized carbons (Fsp3) is 0.778. The molecule has 0 spiro atoms. The molecule has 1 saturated heterocycles. The predicted octanol–water partition coefficient (Wildman–Crippen LogP) is 0.991. The molecule has 1 fully saturated rings. The third kappa shape index (κ3) is 3.79. The summed E-state index contributed by atoms with van der Waals surface area (Å²) in [5.41, 5.74) is 0. The van der Waals surface area contributed by atoms with Crippen LogP contribution in [0, 0.1) is 0 Å². The monoisotopic (exact) mass is 280 g/mol. The first kappa shape index (κ1) is 12.4. The number of alkyl halides is 1. The van der Waals surface area contributed by atoms with Crippen molar-refractivity contribution in [3.63, 3.8) is 0 Å². The zero-order chi connectivity index (χ0) is 11.4. The second kappa shape index (κ2) is 5.46. The summed E-state index contributed by atoms with van der Waals surface area (Å²) in [6.07, 6.45) is -0.0938. The molecule has 0 aromatic heterocycles. The zero-order valence-corrected chi connectivity index (χ0v) is 10.2. The van der Waals surface area contributed by atoms with E-state index in [0.29, 0.717) is 12.8 Å². The van der Waals surface area contributed by atoms with E-state index in [1.165, 1.54) is 14.0 Å². The van der Waals surface area contributed by atoms with E-state index in [0.717, 1.165) is 0 Å². The van der Waals surface area contributed by atoms with Crippen LogP contribution in [0.1, 0.15) is 19.8 Å². The molecule has 0 aromatic carbocycles. The molecule has 0 saturated carbocycles. The van der Waals surface area contributed by atoms with E-state index < -0.39 is 12.1 Å². The summed E-state index contributed by atoms with van der Waals surface area (Å²) in [5, 5.41) is -0.292. The van der Waals surface area contributed by atoms with Gasteiger partial charge in [0.25, 0.3) is 0 Å². The molecule has 0 bridgehead atoms. The molecule has 3 atom stereocenters. The van der Waals surface area contributed by atoms with Crippen LogP contribution in [0.15, 0.2) is 0 Å². The third-order valence-corrected chi connectivity index (χ3v) is 2.62. The number of halogens is 1. The summed E-state index contributed by atoms with van der Waals surface area (Å²) in [6.45, 7) is 1.34. The van der Waals surface area contributed by atoms with Crippen molar-refractivity contribution < 1.29 is 23.8 Å². The van der Waals surface area contributed by atoms with Gasteiger partial charge in [-0.15, -0.1) is 0 Å². The molecule has 0 aliphatic carbocycles. The molecule has 1 aliphatic heterocycles. The van der Waals surface area contributed by atoms with Crippen LogP contribution >= 0.6 is 15.9 Å². The molecule has 0 N–H and O–H groups in total. The van der Waals surface area contributed by atoms with Gasteiger partial charge in [-0.1, -0.05) is 15.9 Å². The van der Waals surface area contributed by atoms with Crippen molar-refractivity contribution >= 4 is 27.9 Å². The normalized spacial score (nSPS) is 30.7. The van der Waals surface area contributed by atoms with Crippen molar-refractivity contribution in [3.8, 4) is 0 Å². The van der Waals surface area contributed by atoms with Crippen LogP contribution in [0.2, 0.25) is 0 Å². The van der Waals surface area contributed by atoms with Crippen LogP contribution in [0.5, 0.6) is 0 Å². The van der Waals surface area contributed by atoms with E-state index >= 15 is 0 Å². The van der Waals surface area contributed by atoms with E-state index in [1.54, 1.807) is 0 Å². The fourth-order valence-corrected chi connectivity index (χ4v) is 2.12. The van der Waals surface area contributed by atoms with Gasteiger partial charge in [0.2, 0.25) is 0 Å². The van der Waals surface area contributed by atoms with Crippen LogP contribution in [0.25, 0.3) is 0 Å². The lowest BCUT2D eigenvalue weighted by atomic mass is 10.1. The first-order valence-electron chi connectivity index (χ1n) is 4.57. The summed E-state index contributed by atoms with van der Waals surface area (Å²) in [4.78, 5) is 22.0. The molecular formula is C9H13BrO5. The van der Waals surface area contributed by atoms with Crippen molar-refractivity contribution in [2.75, 3.05) is 7.11 Å². The molecule has 1 aliphatic rings. The van der Waals surface area contributed by atoms with Crippen LogP contribution in [0.3, 0.4) is 0 Å². The standard InChI is InChI=1S/C9H13BrO5/c1-5(11)14-6-3-7(9(12)13-2)15-8(10)4-6/h6-8H,3-4H2,1-2H3/t6-,7?,8+/m0/s1. The Hall–Kier alpha value is -0.620. The van der Waals surface area contributed by atoms with Crippen molar-refractivity contribution in [3.05, 3.63) is 0 Å². The summed E-state index contributed by atoms with van der Waals surface area (Å²) in [6, 6.07) is 0. The number of hydrogen-bond acceptors (Lipinski definition) is 5. The number of methoxy groups -OCH3 is 1. The highest BCUT2D eigenvalue weighted by Crippen LogP contribution is 2.26. The minimum Gasteiger partial charge on any atom is -0.467 e. The highest BCUT2D eigenvalue weighted by Gasteiger charge is 2.34. The molecule has 1 unspecified atom stereocenters. The van der Waals surface area contributed by atoms with Crippen molar-refractivity contribution in [1.82, 2.24) is 0 Å². The summed E-state index contributed by atoms with van der Waals surface area (Å²) >= 11 is 3.24. The minimum absolute atomic E-state index is 0.292. The Morgan fingerprint density at radius 3 is 2.60 bits per heavy atom. The smallest absolute Gasteiger partial charge is 0.335 e. The van der Waals surface area contributed by atoms with Crippen LogP contribution in [-0.2, 0) is 23.8 Å². The van der Waals surface area contributed by atoms with E-state index in [1.807, 2.05) is 0 Å². The number of rotatable bonds is 2. The molecule has 86 valence electrons. The highest BCUT2D eigenvalue weighted by atomic mass is 79.9. The lowest BCUT2D eigenvalue weighted by Gasteiger charge is -2.30. The maximum atomic E-state index is 11.2. The van der Waals surface area contributed by atoms with Crippen molar-refractivity contribution in [2.24, 2.45) is 0 Å². The van der Waals surface area contributed by atoms with Crippen LogP contribution < -0.4 is 0 Å². The molecular weight excluding hydrogens is 268 g/mol. The number of carbonyl (C=O) groups is 2. The largest absolute Gasteiger partial charge is 0.467 e. The van der Waals surface area contributed by atoms with E-state index in [9.17, 15) is 9.59 Å². The Labute approximate surface area is 96.2 Å². The quantitative estimate of drug-likeness (QED) is 0.558. The SMILES string of the molecule is COC(=O)C1C[C@H](OC(C)=O)C[C@H](Br)O1. The summed E-state index contributed by atoms with van der Waals surface area (Å²) < 4.78 is 14.9. The number of esters is 2. The zero-order valence-electron chi connectivity index (χ0n) is 8.57. The average Bonchev–Trinajstić information content (AvgIpc) is 2.14. The lowest BCUT2D eigenvalue weighted by molar-refractivity contribution is -0.170. The molecule has 6 heteroatoms. The molecule has 1 rings (SSSR count). The van der Waals surface area contributed by atoms with Crippen LogP contribution in [-0.4, -0.2) is 36.3 Å². The van der Waals surface area contributed by atoms with E-state index in [2.05, 4.69) is 20.7 Å². The average molecular weight is 281 g/mol. The summed E-state index contributed by atoms with van der Waals surface area (Å²) in [7, 11) is 1.30. The lowest BCUT2D eigenvalue weighted by Crippen LogP contribution is -2.40. The number of hydrogen-bond donors (Lipinski definition) is 0. The number of carbonyl (C=O) groups excluding carboxylic acids is 2. The second-order valence-corrected chi connectivity index (χ2v) is 4.28. The maximum Gasteiger partial charge on any atom is 0.335 e. The van der Waals surface area contributed by atoms with Gasteiger partial charge in [0.15, 0.2) is 6.10 Å². The number of ether oxygens (including phenoxy) is 3. The minimum atomic E-state index is -0.669. The predicted molar refractivity (Wildman–Crippen MR) is 54.4 cm³/mol. The van der Waals surface area contributed by atoms with Crippen LogP contribution in [0.4, 0.5) is 0 Å². The topological polar surface area (TPSA) is 61.8 Å². The van der Waals surface area contributed by atoms with Gasteiger partial charge >= 0.3 is 11.9 Å². The van der Waals surface area contributed by atoms with Gasteiger partial charge in [-0.05, 0) is 0 Å². The Balaban J connectivity index is 2.55.